The van der Waals surface area contributed by atoms with E-state index in [0.29, 0.717) is 0 Å². The van der Waals surface area contributed by atoms with Gasteiger partial charge in [-0.1, -0.05) is 104 Å². The molecule has 0 aliphatic rings. The summed E-state index contributed by atoms with van der Waals surface area (Å²) in [5, 5.41) is 6.58. The molecule has 0 N–H and O–H groups in total. The van der Waals surface area contributed by atoms with Gasteiger partial charge in [0.15, 0.2) is 0 Å². The molecule has 8 aromatic rings. The summed E-state index contributed by atoms with van der Waals surface area (Å²) in [6, 6.07) is 40.4. The van der Waals surface area contributed by atoms with Gasteiger partial charge >= 0.3 is 0 Å². The van der Waals surface area contributed by atoms with Gasteiger partial charge in [-0.25, -0.2) is 0 Å². The number of hydrogen-bond donors (Lipinski definition) is 0. The number of aromatic nitrogens is 2. The number of benzene rings is 4. The standard InChI is InChI=1S/C26H18NS2.C14H16NSi.Ir/c1-15(2)16-11-12-27-20(13-16)19-14-23-24(17-7-3-5-9-21(17)28-23)25-18-8-4-6-10-22(18)29-26(19)25;1-16(2,3)13-9-10-14(15-11-13)12-7-5-4-6-8-12;/h3-13,15H,1-2H3;4-7,9-11H,1-3H3;/q2*-1;/i15D;;. The molecule has 0 aliphatic heterocycles. The molecule has 8 rings (SSSR count). The van der Waals surface area contributed by atoms with E-state index in [2.05, 4.69) is 103 Å². The van der Waals surface area contributed by atoms with Crippen molar-refractivity contribution in [2.75, 3.05) is 0 Å². The van der Waals surface area contributed by atoms with Crippen LogP contribution in [0.1, 0.15) is 26.7 Å². The van der Waals surface area contributed by atoms with Crippen LogP contribution in [-0.4, -0.2) is 18.0 Å². The third-order valence-corrected chi connectivity index (χ3v) is 12.4. The Morgan fingerprint density at radius 1 is 0.761 bits per heavy atom. The van der Waals surface area contributed by atoms with E-state index in [1.807, 2.05) is 67.9 Å². The molecule has 0 aliphatic carbocycles. The van der Waals surface area contributed by atoms with E-state index in [1.54, 1.807) is 11.3 Å². The molecule has 0 saturated heterocycles. The van der Waals surface area contributed by atoms with E-state index in [1.165, 1.54) is 45.5 Å². The van der Waals surface area contributed by atoms with Crippen molar-refractivity contribution in [2.45, 2.75) is 39.4 Å². The molecule has 0 unspecified atom stereocenters. The van der Waals surface area contributed by atoms with Gasteiger partial charge < -0.3 is 9.97 Å². The molecule has 0 amide bonds. The monoisotopic (exact) mass is 828 g/mol. The molecule has 0 bridgehead atoms. The van der Waals surface area contributed by atoms with E-state index in [9.17, 15) is 0 Å². The first-order valence-electron chi connectivity index (χ1n) is 15.7. The summed E-state index contributed by atoms with van der Waals surface area (Å²) in [5.41, 5.74) is 4.96. The van der Waals surface area contributed by atoms with Crippen LogP contribution in [0.2, 0.25) is 19.6 Å². The molecule has 4 aromatic heterocycles. The van der Waals surface area contributed by atoms with E-state index < -0.39 is 14.0 Å². The second-order valence-electron chi connectivity index (χ2n) is 12.5. The van der Waals surface area contributed by atoms with Crippen LogP contribution < -0.4 is 5.19 Å². The maximum Gasteiger partial charge on any atom is 0.0795 e. The maximum absolute atomic E-state index is 8.45. The predicted molar refractivity (Wildman–Crippen MR) is 200 cm³/mol. The van der Waals surface area contributed by atoms with Gasteiger partial charge in [-0.05, 0) is 60.8 Å². The smallest absolute Gasteiger partial charge is 0.0795 e. The van der Waals surface area contributed by atoms with Crippen LogP contribution in [0.15, 0.2) is 109 Å². The van der Waals surface area contributed by atoms with Crippen molar-refractivity contribution in [3.05, 3.63) is 127 Å². The van der Waals surface area contributed by atoms with Crippen LogP contribution in [0.3, 0.4) is 0 Å². The van der Waals surface area contributed by atoms with Gasteiger partial charge in [0.2, 0.25) is 0 Å². The minimum Gasteiger partial charge on any atom is -0.305 e. The van der Waals surface area contributed by atoms with Crippen LogP contribution in [0.5, 0.6) is 0 Å². The Bertz CT molecular complexity index is 2330. The van der Waals surface area contributed by atoms with Crippen molar-refractivity contribution >= 4 is 76.3 Å². The molecule has 46 heavy (non-hydrogen) atoms. The van der Waals surface area contributed by atoms with Crippen molar-refractivity contribution in [1.82, 2.24) is 9.97 Å². The van der Waals surface area contributed by atoms with Crippen LogP contribution in [-0.2, 0) is 20.1 Å². The fourth-order valence-electron chi connectivity index (χ4n) is 5.63. The number of nitrogens with zero attached hydrogens (tertiary/aromatic N) is 2. The number of pyridine rings is 2. The third kappa shape index (κ3) is 6.25. The molecule has 0 atom stereocenters. The summed E-state index contributed by atoms with van der Waals surface area (Å²) in [7, 11) is -1.23. The van der Waals surface area contributed by atoms with Gasteiger partial charge in [-0.15, -0.1) is 47.5 Å². The number of fused-ring (bicyclic) bond motifs is 7. The number of hydrogen-bond acceptors (Lipinski definition) is 4. The summed E-state index contributed by atoms with van der Waals surface area (Å²) in [5.74, 6) is -0.668. The topological polar surface area (TPSA) is 25.8 Å². The largest absolute Gasteiger partial charge is 0.305 e. The Morgan fingerprint density at radius 2 is 1.46 bits per heavy atom. The molecule has 4 aromatic carbocycles. The fourth-order valence-corrected chi connectivity index (χ4v) is 9.00. The molecule has 0 saturated carbocycles. The van der Waals surface area contributed by atoms with Gasteiger partial charge in [0.05, 0.1) is 8.07 Å². The van der Waals surface area contributed by atoms with Crippen molar-refractivity contribution in [3.63, 3.8) is 0 Å². The Hall–Kier alpha value is -3.51. The van der Waals surface area contributed by atoms with Crippen LogP contribution in [0, 0.1) is 12.1 Å². The van der Waals surface area contributed by atoms with Crippen molar-refractivity contribution in [3.8, 4) is 22.5 Å². The zero-order chi connectivity index (χ0) is 32.1. The first kappa shape index (κ1) is 31.1. The molecular formula is C40H34IrN2S2Si-2. The molecule has 2 nitrogen and oxygen atoms in total. The van der Waals surface area contributed by atoms with Gasteiger partial charge in [0.1, 0.15) is 0 Å². The Morgan fingerprint density at radius 3 is 2.11 bits per heavy atom. The Labute approximate surface area is 295 Å². The van der Waals surface area contributed by atoms with E-state index >= 15 is 0 Å². The Kier molecular flexibility index (Phi) is 9.00. The van der Waals surface area contributed by atoms with Crippen LogP contribution in [0.25, 0.3) is 62.9 Å². The van der Waals surface area contributed by atoms with Crippen LogP contribution >= 0.6 is 22.7 Å². The van der Waals surface area contributed by atoms with E-state index in [0.717, 1.165) is 28.1 Å². The molecule has 0 fully saturated rings. The molecule has 0 spiro atoms. The van der Waals surface area contributed by atoms with Crippen molar-refractivity contribution < 1.29 is 21.5 Å². The first-order chi connectivity index (χ1) is 22.1. The summed E-state index contributed by atoms with van der Waals surface area (Å²) >= 11 is 3.60. The van der Waals surface area contributed by atoms with Crippen molar-refractivity contribution in [1.29, 1.82) is 0 Å². The molecular weight excluding hydrogens is 793 g/mol. The maximum atomic E-state index is 8.45. The van der Waals surface area contributed by atoms with E-state index in [4.69, 9.17) is 6.35 Å². The summed E-state index contributed by atoms with van der Waals surface area (Å²) in [4.78, 5) is 9.22. The molecule has 1 radical (unpaired) electrons. The molecule has 4 heterocycles. The summed E-state index contributed by atoms with van der Waals surface area (Å²) in [6.45, 7) is 10.8. The fraction of sp³-hybridized carbons (Fsp3) is 0.150. The predicted octanol–water partition coefficient (Wildman–Crippen LogP) is 11.5. The van der Waals surface area contributed by atoms with Gasteiger partial charge in [-0.2, -0.15) is 22.7 Å². The third-order valence-electron chi connectivity index (χ3n) is 8.11. The minimum absolute atomic E-state index is 0. The SMILES string of the molecule is C[Si](C)(C)c1ccc(-c2[c-]cccc2)nc1.[2H]C(C)(C)c1ccnc(-c2[c-]c3sc4ccccc4c3c3c2sc2ccccc23)c1.[Ir]. The second-order valence-corrected chi connectivity index (χ2v) is 19.7. The minimum atomic E-state index is -1.23. The normalized spacial score (nSPS) is 12.2. The molecule has 231 valence electrons. The van der Waals surface area contributed by atoms with Crippen LogP contribution in [0.4, 0.5) is 0 Å². The average Bonchev–Trinajstić information content (AvgIpc) is 3.63. The second kappa shape index (κ2) is 13.3. The number of rotatable bonds is 4. The summed E-state index contributed by atoms with van der Waals surface area (Å²) in [6.07, 6.45) is 3.84. The molecule has 6 heteroatoms. The summed E-state index contributed by atoms with van der Waals surface area (Å²) < 4.78 is 13.4. The average molecular weight is 828 g/mol. The Balaban J connectivity index is 0.000000194. The van der Waals surface area contributed by atoms with Crippen molar-refractivity contribution in [2.24, 2.45) is 0 Å². The number of thiophene rings is 2. The van der Waals surface area contributed by atoms with Gasteiger partial charge in [-0.3, -0.25) is 0 Å². The zero-order valence-electron chi connectivity index (χ0n) is 27.4. The first-order valence-corrected chi connectivity index (χ1v) is 20.3. The van der Waals surface area contributed by atoms with E-state index in [-0.39, 0.29) is 20.1 Å². The van der Waals surface area contributed by atoms with Gasteiger partial charge in [0, 0.05) is 43.3 Å². The van der Waals surface area contributed by atoms with Gasteiger partial charge in [0.25, 0.3) is 0 Å². The zero-order valence-corrected chi connectivity index (χ0v) is 31.5. The quantitative estimate of drug-likeness (QED) is 0.130.